The van der Waals surface area contributed by atoms with Crippen molar-refractivity contribution in [2.45, 2.75) is 17.8 Å². The number of benzene rings is 1. The highest BCUT2D eigenvalue weighted by atomic mass is 35.5. The number of halogens is 2. The van der Waals surface area contributed by atoms with Crippen LogP contribution in [0.15, 0.2) is 54.0 Å². The molecule has 0 N–H and O–H groups in total. The maximum atomic E-state index is 11.2. The Bertz CT molecular complexity index is 573. The van der Waals surface area contributed by atoms with Crippen LogP contribution in [0.5, 0.6) is 0 Å². The molecule has 0 aliphatic carbocycles. The van der Waals surface area contributed by atoms with Gasteiger partial charge in [0.2, 0.25) is 0 Å². The minimum Gasteiger partial charge on any atom is -0.264 e. The topological polar surface area (TPSA) is 42.3 Å². The summed E-state index contributed by atoms with van der Waals surface area (Å²) in [5.74, 6) is 0. The minimum atomic E-state index is -1.05. The van der Waals surface area contributed by atoms with Gasteiger partial charge in [0.15, 0.2) is 0 Å². The Morgan fingerprint density at radius 1 is 1.26 bits per heavy atom. The fourth-order valence-electron chi connectivity index (χ4n) is 1.99. The van der Waals surface area contributed by atoms with Gasteiger partial charge in [-0.2, -0.15) is 4.91 Å². The monoisotopic (exact) mass is 294 g/mol. The molecule has 2 aromatic rings. The van der Waals surface area contributed by atoms with E-state index in [1.807, 2.05) is 30.3 Å². The third-order valence-corrected chi connectivity index (χ3v) is 3.77. The van der Waals surface area contributed by atoms with Gasteiger partial charge in [0.05, 0.1) is 4.87 Å². The molecular formula is C14H12Cl2N2O. The van der Waals surface area contributed by atoms with Crippen molar-refractivity contribution in [1.29, 1.82) is 0 Å². The second-order valence-corrected chi connectivity index (χ2v) is 5.54. The molecule has 1 heterocycles. The lowest BCUT2D eigenvalue weighted by Gasteiger charge is -2.28. The van der Waals surface area contributed by atoms with Crippen molar-refractivity contribution in [1.82, 2.24) is 4.98 Å². The van der Waals surface area contributed by atoms with Gasteiger partial charge in [-0.15, -0.1) is 11.6 Å². The molecule has 0 bridgehead atoms. The van der Waals surface area contributed by atoms with Gasteiger partial charge in [-0.25, -0.2) is 0 Å². The van der Waals surface area contributed by atoms with Gasteiger partial charge in [-0.05, 0) is 18.6 Å². The lowest BCUT2D eigenvalue weighted by atomic mass is 9.89. The van der Waals surface area contributed by atoms with E-state index in [1.54, 1.807) is 25.4 Å². The summed E-state index contributed by atoms with van der Waals surface area (Å²) >= 11 is 12.7. The van der Waals surface area contributed by atoms with Crippen LogP contribution < -0.4 is 0 Å². The number of alkyl halides is 1. The van der Waals surface area contributed by atoms with Gasteiger partial charge in [0.1, 0.15) is 6.04 Å². The number of aromatic nitrogens is 1. The van der Waals surface area contributed by atoms with Gasteiger partial charge in [0, 0.05) is 23.0 Å². The molecule has 98 valence electrons. The first-order chi connectivity index (χ1) is 9.07. The van der Waals surface area contributed by atoms with Crippen molar-refractivity contribution in [3.63, 3.8) is 0 Å². The van der Waals surface area contributed by atoms with Gasteiger partial charge in [-0.1, -0.05) is 47.1 Å². The number of hydrogen-bond donors (Lipinski definition) is 0. The predicted octanol–water partition coefficient (Wildman–Crippen LogP) is 4.70. The molecule has 2 atom stereocenters. The van der Waals surface area contributed by atoms with E-state index in [0.717, 1.165) is 5.56 Å². The van der Waals surface area contributed by atoms with E-state index < -0.39 is 10.9 Å². The molecule has 0 spiro atoms. The van der Waals surface area contributed by atoms with Gasteiger partial charge in [0.25, 0.3) is 0 Å². The smallest absolute Gasteiger partial charge is 0.140 e. The second kappa shape index (κ2) is 5.68. The first-order valence-corrected chi connectivity index (χ1v) is 6.49. The highest BCUT2D eigenvalue weighted by molar-refractivity contribution is 6.33. The predicted molar refractivity (Wildman–Crippen MR) is 77.4 cm³/mol. The van der Waals surface area contributed by atoms with Crippen LogP contribution >= 0.6 is 23.2 Å². The Hall–Kier alpha value is -1.45. The normalized spacial score (nSPS) is 15.5. The molecule has 0 fully saturated rings. The number of hydrogen-bond acceptors (Lipinski definition) is 3. The first kappa shape index (κ1) is 14.0. The zero-order valence-corrected chi connectivity index (χ0v) is 11.8. The van der Waals surface area contributed by atoms with Crippen LogP contribution in [0.4, 0.5) is 0 Å². The average molecular weight is 295 g/mol. The van der Waals surface area contributed by atoms with E-state index >= 15 is 0 Å². The number of nitrogens with zero attached hydrogens (tertiary/aromatic N) is 2. The summed E-state index contributed by atoms with van der Waals surface area (Å²) in [5, 5.41) is 3.65. The lowest BCUT2D eigenvalue weighted by Crippen LogP contribution is -2.23. The molecule has 2 rings (SSSR count). The maximum Gasteiger partial charge on any atom is 0.140 e. The quantitative estimate of drug-likeness (QED) is 0.606. The highest BCUT2D eigenvalue weighted by Crippen LogP contribution is 2.45. The van der Waals surface area contributed by atoms with Crippen LogP contribution in [-0.4, -0.2) is 4.98 Å². The third kappa shape index (κ3) is 2.77. The van der Waals surface area contributed by atoms with Crippen LogP contribution in [0, 0.1) is 4.91 Å². The van der Waals surface area contributed by atoms with Crippen molar-refractivity contribution in [3.8, 4) is 0 Å². The maximum absolute atomic E-state index is 11.2. The number of pyridine rings is 1. The van der Waals surface area contributed by atoms with Crippen molar-refractivity contribution < 1.29 is 0 Å². The molecule has 0 amide bonds. The average Bonchev–Trinajstić information content (AvgIpc) is 2.40. The highest BCUT2D eigenvalue weighted by Gasteiger charge is 2.38. The van der Waals surface area contributed by atoms with Crippen molar-refractivity contribution in [2.75, 3.05) is 0 Å². The van der Waals surface area contributed by atoms with Crippen molar-refractivity contribution in [3.05, 3.63) is 69.8 Å². The molecule has 0 aliphatic rings. The van der Waals surface area contributed by atoms with E-state index in [-0.39, 0.29) is 0 Å². The summed E-state index contributed by atoms with van der Waals surface area (Å²) in [5.41, 5.74) is 1.33. The van der Waals surface area contributed by atoms with E-state index in [9.17, 15) is 4.91 Å². The Kier molecular flexibility index (Phi) is 4.17. The molecule has 2 unspecified atom stereocenters. The lowest BCUT2D eigenvalue weighted by molar-refractivity contribution is 0.531. The summed E-state index contributed by atoms with van der Waals surface area (Å²) in [4.78, 5) is 14.2. The molecule has 0 saturated carbocycles. The van der Waals surface area contributed by atoms with Crippen LogP contribution in [0.1, 0.15) is 24.1 Å². The zero-order valence-electron chi connectivity index (χ0n) is 10.3. The number of rotatable bonds is 4. The van der Waals surface area contributed by atoms with Crippen molar-refractivity contribution >= 4 is 23.2 Å². The molecule has 0 saturated heterocycles. The molecule has 0 radical (unpaired) electrons. The standard InChI is InChI=1S/C14H12Cl2N2O/c1-14(16,11-9-17-8-7-12(11)15)13(18-19)10-5-3-2-4-6-10/h2-9,13H,1H3. The van der Waals surface area contributed by atoms with Crippen LogP contribution in [0.25, 0.3) is 0 Å². The van der Waals surface area contributed by atoms with Gasteiger partial charge >= 0.3 is 0 Å². The van der Waals surface area contributed by atoms with Crippen molar-refractivity contribution in [2.24, 2.45) is 5.18 Å². The Morgan fingerprint density at radius 3 is 2.53 bits per heavy atom. The molecular weight excluding hydrogens is 283 g/mol. The summed E-state index contributed by atoms with van der Waals surface area (Å²) in [6.45, 7) is 1.72. The Labute approximate surface area is 121 Å². The molecule has 5 heteroatoms. The fraction of sp³-hybridized carbons (Fsp3) is 0.214. The molecule has 3 nitrogen and oxygen atoms in total. The summed E-state index contributed by atoms with van der Waals surface area (Å²) < 4.78 is 0. The zero-order chi connectivity index (χ0) is 13.9. The van der Waals surface area contributed by atoms with Crippen LogP contribution in [-0.2, 0) is 4.87 Å². The summed E-state index contributed by atoms with van der Waals surface area (Å²) in [6, 6.07) is 10.1. The minimum absolute atomic E-state index is 0.470. The molecule has 0 aliphatic heterocycles. The van der Waals surface area contributed by atoms with Crippen LogP contribution in [0.3, 0.4) is 0 Å². The molecule has 1 aromatic carbocycles. The van der Waals surface area contributed by atoms with Crippen LogP contribution in [0.2, 0.25) is 5.02 Å². The van der Waals surface area contributed by atoms with Gasteiger partial charge < -0.3 is 0 Å². The van der Waals surface area contributed by atoms with E-state index in [4.69, 9.17) is 23.2 Å². The van der Waals surface area contributed by atoms with E-state index in [0.29, 0.717) is 10.6 Å². The molecule has 19 heavy (non-hydrogen) atoms. The van der Waals surface area contributed by atoms with E-state index in [2.05, 4.69) is 10.2 Å². The Morgan fingerprint density at radius 2 is 1.95 bits per heavy atom. The Balaban J connectivity index is 2.48. The summed E-state index contributed by atoms with van der Waals surface area (Å²) in [6.07, 6.45) is 3.14. The third-order valence-electron chi connectivity index (χ3n) is 3.03. The SMILES string of the molecule is CC(Cl)(c1cnccc1Cl)C(N=O)c1ccccc1. The largest absolute Gasteiger partial charge is 0.264 e. The van der Waals surface area contributed by atoms with Gasteiger partial charge in [-0.3, -0.25) is 4.98 Å². The molecule has 1 aromatic heterocycles. The van der Waals surface area contributed by atoms with E-state index in [1.165, 1.54) is 0 Å². The fourth-order valence-corrected chi connectivity index (χ4v) is 2.66. The first-order valence-electron chi connectivity index (χ1n) is 5.73. The summed E-state index contributed by atoms with van der Waals surface area (Å²) in [7, 11) is 0. The second-order valence-electron chi connectivity index (χ2n) is 4.35. The number of nitroso groups, excluding NO2 is 1.